The molecule has 1 unspecified atom stereocenters. The Morgan fingerprint density at radius 2 is 2.00 bits per heavy atom. The maximum atomic E-state index is 12.1. The SMILES string of the molecule is CC(=O)C(C#N)c1ccccc1OC(F)(F)F. The number of ketones is 1. The third-order valence-electron chi connectivity index (χ3n) is 1.99. The number of Topliss-reactive ketones (excluding diaryl/α,β-unsaturated/α-hetero) is 1. The number of ether oxygens (including phenoxy) is 1. The van der Waals surface area contributed by atoms with Crippen LogP contribution >= 0.6 is 0 Å². The van der Waals surface area contributed by atoms with Crippen LogP contribution in [0.1, 0.15) is 18.4 Å². The van der Waals surface area contributed by atoms with Gasteiger partial charge in [0.05, 0.1) is 6.07 Å². The average molecular weight is 243 g/mol. The summed E-state index contributed by atoms with van der Waals surface area (Å²) >= 11 is 0. The van der Waals surface area contributed by atoms with Crippen molar-refractivity contribution in [1.29, 1.82) is 5.26 Å². The van der Waals surface area contributed by atoms with E-state index in [0.29, 0.717) is 0 Å². The molecule has 0 fully saturated rings. The molecular formula is C11H8F3NO2. The molecule has 0 aliphatic carbocycles. The minimum absolute atomic E-state index is 0.0835. The van der Waals surface area contributed by atoms with Crippen LogP contribution in [0.3, 0.4) is 0 Å². The first kappa shape index (κ1) is 13.0. The van der Waals surface area contributed by atoms with Crippen molar-refractivity contribution in [3.63, 3.8) is 0 Å². The Labute approximate surface area is 95.4 Å². The third-order valence-corrected chi connectivity index (χ3v) is 1.99. The van der Waals surface area contributed by atoms with Crippen LogP contribution in [0.15, 0.2) is 24.3 Å². The van der Waals surface area contributed by atoms with E-state index in [9.17, 15) is 18.0 Å². The first-order valence-corrected chi connectivity index (χ1v) is 4.60. The van der Waals surface area contributed by atoms with Gasteiger partial charge in [-0.15, -0.1) is 13.2 Å². The Morgan fingerprint density at radius 1 is 1.41 bits per heavy atom. The minimum Gasteiger partial charge on any atom is -0.405 e. The molecule has 0 N–H and O–H groups in total. The summed E-state index contributed by atoms with van der Waals surface area (Å²) in [7, 11) is 0. The van der Waals surface area contributed by atoms with Crippen molar-refractivity contribution in [2.75, 3.05) is 0 Å². The highest BCUT2D eigenvalue weighted by atomic mass is 19.4. The zero-order valence-corrected chi connectivity index (χ0v) is 8.78. The molecule has 0 aromatic heterocycles. The highest BCUT2D eigenvalue weighted by Gasteiger charge is 2.33. The number of hydrogen-bond donors (Lipinski definition) is 0. The van der Waals surface area contributed by atoms with Crippen LogP contribution in [0.25, 0.3) is 0 Å². The van der Waals surface area contributed by atoms with Gasteiger partial charge in [0, 0.05) is 5.56 Å². The molecule has 0 amide bonds. The van der Waals surface area contributed by atoms with Gasteiger partial charge in [0.25, 0.3) is 0 Å². The number of para-hydroxylation sites is 1. The Bertz CT molecular complexity index is 463. The second kappa shape index (κ2) is 4.87. The summed E-state index contributed by atoms with van der Waals surface area (Å²) < 4.78 is 40.1. The molecule has 1 aromatic rings. The lowest BCUT2D eigenvalue weighted by molar-refractivity contribution is -0.274. The molecule has 0 radical (unpaired) electrons. The fourth-order valence-electron chi connectivity index (χ4n) is 1.32. The Kier molecular flexibility index (Phi) is 3.73. The van der Waals surface area contributed by atoms with Crippen LogP contribution in [0, 0.1) is 11.3 Å². The summed E-state index contributed by atoms with van der Waals surface area (Å²) in [5.41, 5.74) is -0.0835. The van der Waals surface area contributed by atoms with Crippen molar-refractivity contribution in [1.82, 2.24) is 0 Å². The molecule has 1 atom stereocenters. The molecule has 90 valence electrons. The molecule has 0 saturated heterocycles. The van der Waals surface area contributed by atoms with E-state index in [4.69, 9.17) is 5.26 Å². The zero-order chi connectivity index (χ0) is 13.1. The molecule has 1 rings (SSSR count). The van der Waals surface area contributed by atoms with Gasteiger partial charge in [-0.05, 0) is 13.0 Å². The van der Waals surface area contributed by atoms with Gasteiger partial charge in [-0.3, -0.25) is 4.79 Å². The fraction of sp³-hybridized carbons (Fsp3) is 0.273. The fourth-order valence-corrected chi connectivity index (χ4v) is 1.32. The molecule has 0 bridgehead atoms. The third kappa shape index (κ3) is 3.48. The van der Waals surface area contributed by atoms with Crippen molar-refractivity contribution < 1.29 is 22.7 Å². The Balaban J connectivity index is 3.16. The monoisotopic (exact) mass is 243 g/mol. The quantitative estimate of drug-likeness (QED) is 0.820. The van der Waals surface area contributed by atoms with Gasteiger partial charge in [0.1, 0.15) is 11.7 Å². The van der Waals surface area contributed by atoms with Gasteiger partial charge in [-0.1, -0.05) is 18.2 Å². The number of carbonyl (C=O) groups is 1. The first-order chi connectivity index (χ1) is 7.85. The Hall–Kier alpha value is -2.03. The standard InChI is InChI=1S/C11H8F3NO2/c1-7(16)9(6-15)8-4-2-3-5-10(8)17-11(12,13)14/h2-5,9H,1H3. The van der Waals surface area contributed by atoms with Gasteiger partial charge >= 0.3 is 6.36 Å². The number of alkyl halides is 3. The van der Waals surface area contributed by atoms with Crippen molar-refractivity contribution in [3.8, 4) is 11.8 Å². The Morgan fingerprint density at radius 3 is 2.47 bits per heavy atom. The minimum atomic E-state index is -4.85. The normalized spacial score (nSPS) is 12.6. The van der Waals surface area contributed by atoms with E-state index >= 15 is 0 Å². The number of nitrogens with zero attached hydrogens (tertiary/aromatic N) is 1. The molecular weight excluding hydrogens is 235 g/mol. The summed E-state index contributed by atoms with van der Waals surface area (Å²) in [6.45, 7) is 1.14. The van der Waals surface area contributed by atoms with Crippen LogP contribution in [-0.2, 0) is 4.79 Å². The molecule has 0 aliphatic rings. The van der Waals surface area contributed by atoms with Crippen LogP contribution in [0.4, 0.5) is 13.2 Å². The summed E-state index contributed by atoms with van der Waals surface area (Å²) in [5.74, 6) is -2.32. The van der Waals surface area contributed by atoms with E-state index in [-0.39, 0.29) is 5.56 Å². The second-order valence-electron chi connectivity index (χ2n) is 3.26. The average Bonchev–Trinajstić information content (AvgIpc) is 2.18. The highest BCUT2D eigenvalue weighted by molar-refractivity contribution is 5.86. The van der Waals surface area contributed by atoms with E-state index < -0.39 is 23.8 Å². The van der Waals surface area contributed by atoms with E-state index in [1.807, 2.05) is 0 Å². The summed E-state index contributed by atoms with van der Waals surface area (Å²) in [6.07, 6.45) is -4.85. The number of hydrogen-bond acceptors (Lipinski definition) is 3. The largest absolute Gasteiger partial charge is 0.573 e. The smallest absolute Gasteiger partial charge is 0.405 e. The summed E-state index contributed by atoms with van der Waals surface area (Å²) in [5, 5.41) is 8.77. The lowest BCUT2D eigenvalue weighted by atomic mass is 9.96. The second-order valence-corrected chi connectivity index (χ2v) is 3.26. The number of benzene rings is 1. The molecule has 1 aromatic carbocycles. The van der Waals surface area contributed by atoms with Gasteiger partial charge in [0.15, 0.2) is 5.78 Å². The topological polar surface area (TPSA) is 50.1 Å². The van der Waals surface area contributed by atoms with Crippen LogP contribution in [0.5, 0.6) is 5.75 Å². The molecule has 0 spiro atoms. The van der Waals surface area contributed by atoms with Crippen LogP contribution in [-0.4, -0.2) is 12.1 Å². The number of carbonyl (C=O) groups excluding carboxylic acids is 1. The number of rotatable bonds is 3. The summed E-state index contributed by atoms with van der Waals surface area (Å²) in [6, 6.07) is 6.74. The zero-order valence-electron chi connectivity index (χ0n) is 8.78. The number of halogens is 3. The van der Waals surface area contributed by atoms with Crippen LogP contribution < -0.4 is 4.74 Å². The van der Waals surface area contributed by atoms with Crippen molar-refractivity contribution >= 4 is 5.78 Å². The molecule has 3 nitrogen and oxygen atoms in total. The van der Waals surface area contributed by atoms with Gasteiger partial charge in [-0.2, -0.15) is 5.26 Å². The van der Waals surface area contributed by atoms with Gasteiger partial charge in [0.2, 0.25) is 0 Å². The first-order valence-electron chi connectivity index (χ1n) is 4.60. The van der Waals surface area contributed by atoms with Crippen molar-refractivity contribution in [2.24, 2.45) is 0 Å². The molecule has 17 heavy (non-hydrogen) atoms. The predicted octanol–water partition coefficient (Wildman–Crippen LogP) is 2.78. The van der Waals surface area contributed by atoms with E-state index in [1.165, 1.54) is 18.2 Å². The highest BCUT2D eigenvalue weighted by Crippen LogP contribution is 2.31. The number of nitriles is 1. The van der Waals surface area contributed by atoms with Crippen LogP contribution in [0.2, 0.25) is 0 Å². The molecule has 0 saturated carbocycles. The van der Waals surface area contributed by atoms with Gasteiger partial charge in [-0.25, -0.2) is 0 Å². The maximum Gasteiger partial charge on any atom is 0.573 e. The van der Waals surface area contributed by atoms with Gasteiger partial charge < -0.3 is 4.74 Å². The molecule has 0 heterocycles. The lowest BCUT2D eigenvalue weighted by Gasteiger charge is -2.14. The molecule has 6 heteroatoms. The lowest BCUT2D eigenvalue weighted by Crippen LogP contribution is -2.19. The van der Waals surface area contributed by atoms with Crippen molar-refractivity contribution in [3.05, 3.63) is 29.8 Å². The predicted molar refractivity (Wildman–Crippen MR) is 52.2 cm³/mol. The van der Waals surface area contributed by atoms with E-state index in [1.54, 1.807) is 6.07 Å². The molecule has 0 aliphatic heterocycles. The van der Waals surface area contributed by atoms with E-state index in [2.05, 4.69) is 4.74 Å². The maximum absolute atomic E-state index is 12.1. The summed E-state index contributed by atoms with van der Waals surface area (Å²) in [4.78, 5) is 11.1. The van der Waals surface area contributed by atoms with E-state index in [0.717, 1.165) is 13.0 Å². The van der Waals surface area contributed by atoms with Crippen molar-refractivity contribution in [2.45, 2.75) is 19.2 Å².